The summed E-state index contributed by atoms with van der Waals surface area (Å²) >= 11 is 0. The zero-order valence-electron chi connectivity index (χ0n) is 11.1. The summed E-state index contributed by atoms with van der Waals surface area (Å²) in [5.41, 5.74) is 0.963. The van der Waals surface area contributed by atoms with E-state index in [1.165, 1.54) is 0 Å². The van der Waals surface area contributed by atoms with Crippen LogP contribution in [-0.2, 0) is 16.3 Å². The molecule has 0 saturated carbocycles. The number of benzene rings is 2. The van der Waals surface area contributed by atoms with Gasteiger partial charge in [-0.05, 0) is 30.5 Å². The van der Waals surface area contributed by atoms with Crippen LogP contribution in [0.15, 0.2) is 65.6 Å². The van der Waals surface area contributed by atoms with Crippen LogP contribution in [0.25, 0.3) is 0 Å². The summed E-state index contributed by atoms with van der Waals surface area (Å²) in [5.74, 6) is 0. The lowest BCUT2D eigenvalue weighted by Crippen LogP contribution is -2.25. The molecule has 0 bridgehead atoms. The van der Waals surface area contributed by atoms with Gasteiger partial charge in [-0.2, -0.15) is 0 Å². The number of aliphatic hydroxyl groups excluding tert-OH is 1. The van der Waals surface area contributed by atoms with Crippen molar-refractivity contribution in [2.75, 3.05) is 6.61 Å². The van der Waals surface area contributed by atoms with Crippen molar-refractivity contribution in [2.45, 2.75) is 23.0 Å². The van der Waals surface area contributed by atoms with Crippen molar-refractivity contribution in [3.05, 3.63) is 66.2 Å². The van der Waals surface area contributed by atoms with Crippen LogP contribution >= 0.6 is 0 Å². The minimum atomic E-state index is -3.42. The first-order valence-electron chi connectivity index (χ1n) is 6.58. The van der Waals surface area contributed by atoms with Gasteiger partial charge in [0.05, 0.1) is 10.1 Å². The third kappa shape index (κ3) is 3.46. The van der Waals surface area contributed by atoms with Crippen LogP contribution < -0.4 is 0 Å². The maximum atomic E-state index is 12.6. The fourth-order valence-electron chi connectivity index (χ4n) is 2.19. The molecule has 1 unspecified atom stereocenters. The van der Waals surface area contributed by atoms with E-state index in [9.17, 15) is 8.42 Å². The SMILES string of the molecule is O=S(=O)(c1ccccc1)C(CCO)Cc1ccccc1. The molecular weight excluding hydrogens is 272 g/mol. The molecule has 0 heterocycles. The number of sulfone groups is 1. The van der Waals surface area contributed by atoms with Gasteiger partial charge in [0.1, 0.15) is 0 Å². The van der Waals surface area contributed by atoms with Gasteiger partial charge in [0.25, 0.3) is 0 Å². The second kappa shape index (κ2) is 6.68. The predicted molar refractivity (Wildman–Crippen MR) is 79.3 cm³/mol. The quantitative estimate of drug-likeness (QED) is 0.889. The molecule has 0 aliphatic heterocycles. The van der Waals surface area contributed by atoms with Gasteiger partial charge in [-0.15, -0.1) is 0 Å². The summed E-state index contributed by atoms with van der Waals surface area (Å²) < 4.78 is 25.2. The Morgan fingerprint density at radius 2 is 1.45 bits per heavy atom. The molecule has 2 aromatic carbocycles. The average Bonchev–Trinajstić information content (AvgIpc) is 2.49. The van der Waals surface area contributed by atoms with E-state index in [4.69, 9.17) is 5.11 Å². The van der Waals surface area contributed by atoms with E-state index in [1.807, 2.05) is 30.3 Å². The van der Waals surface area contributed by atoms with E-state index < -0.39 is 15.1 Å². The normalized spacial score (nSPS) is 13.1. The lowest BCUT2D eigenvalue weighted by molar-refractivity contribution is 0.285. The molecule has 3 nitrogen and oxygen atoms in total. The van der Waals surface area contributed by atoms with Crippen LogP contribution in [0.1, 0.15) is 12.0 Å². The summed E-state index contributed by atoms with van der Waals surface area (Å²) in [6.07, 6.45) is 0.657. The largest absolute Gasteiger partial charge is 0.396 e. The van der Waals surface area contributed by atoms with Gasteiger partial charge in [0.2, 0.25) is 0 Å². The molecule has 1 atom stereocenters. The first-order chi connectivity index (χ1) is 9.64. The van der Waals surface area contributed by atoms with Gasteiger partial charge in [-0.25, -0.2) is 8.42 Å². The monoisotopic (exact) mass is 290 g/mol. The van der Waals surface area contributed by atoms with Crippen molar-refractivity contribution < 1.29 is 13.5 Å². The van der Waals surface area contributed by atoms with Crippen LogP contribution in [0.4, 0.5) is 0 Å². The van der Waals surface area contributed by atoms with Crippen molar-refractivity contribution in [1.82, 2.24) is 0 Å². The van der Waals surface area contributed by atoms with Gasteiger partial charge in [0.15, 0.2) is 9.84 Å². The number of aliphatic hydroxyl groups is 1. The Kier molecular flexibility index (Phi) is 4.93. The maximum absolute atomic E-state index is 12.6. The smallest absolute Gasteiger partial charge is 0.181 e. The van der Waals surface area contributed by atoms with Gasteiger partial charge >= 0.3 is 0 Å². The fraction of sp³-hybridized carbons (Fsp3) is 0.250. The summed E-state index contributed by atoms with van der Waals surface area (Å²) in [7, 11) is -3.42. The molecule has 0 aliphatic carbocycles. The molecule has 0 saturated heterocycles. The third-order valence-electron chi connectivity index (χ3n) is 3.27. The van der Waals surface area contributed by atoms with Crippen LogP contribution in [0, 0.1) is 0 Å². The molecule has 0 spiro atoms. The number of hydrogen-bond donors (Lipinski definition) is 1. The van der Waals surface area contributed by atoms with E-state index in [0.717, 1.165) is 5.56 Å². The number of rotatable bonds is 6. The van der Waals surface area contributed by atoms with Crippen LogP contribution in [0.2, 0.25) is 0 Å². The fourth-order valence-corrected chi connectivity index (χ4v) is 3.94. The summed E-state index contributed by atoms with van der Waals surface area (Å²) in [4.78, 5) is 0.314. The molecule has 0 aliphatic rings. The maximum Gasteiger partial charge on any atom is 0.181 e. The summed E-state index contributed by atoms with van der Waals surface area (Å²) in [6, 6.07) is 17.9. The van der Waals surface area contributed by atoms with Crippen molar-refractivity contribution in [1.29, 1.82) is 0 Å². The van der Waals surface area contributed by atoms with E-state index in [0.29, 0.717) is 11.3 Å². The van der Waals surface area contributed by atoms with Gasteiger partial charge in [0, 0.05) is 6.61 Å². The van der Waals surface area contributed by atoms with Gasteiger partial charge < -0.3 is 5.11 Å². The molecule has 0 aromatic heterocycles. The number of hydrogen-bond acceptors (Lipinski definition) is 3. The molecule has 0 amide bonds. The zero-order chi connectivity index (χ0) is 14.4. The topological polar surface area (TPSA) is 54.4 Å². The molecule has 1 N–H and O–H groups in total. The summed E-state index contributed by atoms with van der Waals surface area (Å²) in [6.45, 7) is -0.135. The highest BCUT2D eigenvalue weighted by molar-refractivity contribution is 7.92. The van der Waals surface area contributed by atoms with Gasteiger partial charge in [-0.3, -0.25) is 0 Å². The molecule has 0 radical (unpaired) electrons. The Morgan fingerprint density at radius 3 is 2.00 bits per heavy atom. The average molecular weight is 290 g/mol. The third-order valence-corrected chi connectivity index (χ3v) is 5.48. The van der Waals surface area contributed by atoms with Crippen molar-refractivity contribution >= 4 is 9.84 Å². The second-order valence-electron chi connectivity index (χ2n) is 4.68. The highest BCUT2D eigenvalue weighted by atomic mass is 32.2. The summed E-state index contributed by atoms with van der Waals surface area (Å²) in [5, 5.41) is 8.56. The molecule has 2 aromatic rings. The van der Waals surface area contributed by atoms with Crippen molar-refractivity contribution in [3.8, 4) is 0 Å². The van der Waals surface area contributed by atoms with Gasteiger partial charge in [-0.1, -0.05) is 48.5 Å². The lowest BCUT2D eigenvalue weighted by Gasteiger charge is -2.17. The van der Waals surface area contributed by atoms with Crippen molar-refractivity contribution in [2.24, 2.45) is 0 Å². The highest BCUT2D eigenvalue weighted by Gasteiger charge is 2.26. The molecule has 20 heavy (non-hydrogen) atoms. The van der Waals surface area contributed by atoms with E-state index >= 15 is 0 Å². The molecule has 2 rings (SSSR count). The Morgan fingerprint density at radius 1 is 0.900 bits per heavy atom. The minimum Gasteiger partial charge on any atom is -0.396 e. The molecular formula is C16H18O3S. The molecule has 106 valence electrons. The van der Waals surface area contributed by atoms with E-state index in [-0.39, 0.29) is 13.0 Å². The Hall–Kier alpha value is -1.65. The predicted octanol–water partition coefficient (Wildman–Crippen LogP) is 2.45. The first kappa shape index (κ1) is 14.8. The lowest BCUT2D eigenvalue weighted by atomic mass is 10.1. The highest BCUT2D eigenvalue weighted by Crippen LogP contribution is 2.21. The standard InChI is InChI=1S/C16H18O3S/c17-12-11-16(13-14-7-3-1-4-8-14)20(18,19)15-9-5-2-6-10-15/h1-10,16-17H,11-13H2. The molecule has 0 fully saturated rings. The minimum absolute atomic E-state index is 0.135. The second-order valence-corrected chi connectivity index (χ2v) is 6.91. The Balaban J connectivity index is 2.29. The van der Waals surface area contributed by atoms with Crippen LogP contribution in [0.3, 0.4) is 0 Å². The first-order valence-corrected chi connectivity index (χ1v) is 8.13. The Labute approximate surface area is 119 Å². The Bertz CT molecular complexity index is 621. The van der Waals surface area contributed by atoms with E-state index in [2.05, 4.69) is 0 Å². The van der Waals surface area contributed by atoms with E-state index in [1.54, 1.807) is 30.3 Å². The zero-order valence-corrected chi connectivity index (χ0v) is 12.0. The van der Waals surface area contributed by atoms with Crippen LogP contribution in [-0.4, -0.2) is 25.4 Å². The van der Waals surface area contributed by atoms with Crippen LogP contribution in [0.5, 0.6) is 0 Å². The van der Waals surface area contributed by atoms with Crippen molar-refractivity contribution in [3.63, 3.8) is 0 Å². The molecule has 4 heteroatoms.